The number of carbonyl (C=O) groups is 3. The van der Waals surface area contributed by atoms with Crippen LogP contribution in [0.2, 0.25) is 0 Å². The van der Waals surface area contributed by atoms with E-state index in [9.17, 15) is 19.5 Å². The van der Waals surface area contributed by atoms with Crippen LogP contribution in [0.15, 0.2) is 53.0 Å². The number of rotatable bonds is 7. The predicted octanol–water partition coefficient (Wildman–Crippen LogP) is 3.89. The van der Waals surface area contributed by atoms with Crippen molar-refractivity contribution in [1.82, 2.24) is 19.4 Å². The minimum absolute atomic E-state index is 0.0124. The molecule has 1 fully saturated rings. The van der Waals surface area contributed by atoms with Gasteiger partial charge in [0.2, 0.25) is 0 Å². The van der Waals surface area contributed by atoms with Crippen molar-refractivity contribution in [3.63, 3.8) is 0 Å². The number of methoxy groups -OCH3 is 1. The summed E-state index contributed by atoms with van der Waals surface area (Å²) in [5, 5.41) is 11.4. The number of hydrogen-bond acceptors (Lipinski definition) is 6. The van der Waals surface area contributed by atoms with Crippen molar-refractivity contribution in [2.24, 2.45) is 0 Å². The Balaban J connectivity index is 1.79. The van der Waals surface area contributed by atoms with Crippen molar-refractivity contribution < 1.29 is 24.2 Å². The Morgan fingerprint density at radius 1 is 1.20 bits per heavy atom. The molecule has 0 aliphatic carbocycles. The largest absolute Gasteiger partial charge is 0.507 e. The maximum atomic E-state index is 13.3. The summed E-state index contributed by atoms with van der Waals surface area (Å²) in [5.74, 6) is -2.36. The van der Waals surface area contributed by atoms with Gasteiger partial charge >= 0.3 is 5.97 Å². The fourth-order valence-corrected chi connectivity index (χ4v) is 4.76. The average Bonchev–Trinajstić information content (AvgIpc) is 3.52. The van der Waals surface area contributed by atoms with E-state index in [1.165, 1.54) is 12.0 Å². The number of nitrogens with one attached hydrogen (secondary N) is 1. The lowest BCUT2D eigenvalue weighted by molar-refractivity contribution is -0.139. The number of aromatic nitrogens is 3. The van der Waals surface area contributed by atoms with Crippen LogP contribution in [0, 0.1) is 13.8 Å². The van der Waals surface area contributed by atoms with Crippen molar-refractivity contribution in [3.8, 4) is 0 Å². The first-order chi connectivity index (χ1) is 16.7. The highest BCUT2D eigenvalue weighted by molar-refractivity contribution is 9.10. The van der Waals surface area contributed by atoms with Crippen LogP contribution in [0.1, 0.15) is 45.3 Å². The SMILES string of the molecule is COC(=O)c1[nH]c(C)c(/C(O)=C2\C(=O)C(=O)N(CCCn3ccnc3)C2c2ccc(Br)cc2)c1C. The van der Waals surface area contributed by atoms with E-state index < -0.39 is 23.7 Å². The van der Waals surface area contributed by atoms with Crippen molar-refractivity contribution >= 4 is 39.3 Å². The van der Waals surface area contributed by atoms with Gasteiger partial charge in [-0.25, -0.2) is 9.78 Å². The number of H-pyrrole nitrogens is 1. The Labute approximate surface area is 210 Å². The molecule has 10 heteroatoms. The number of aliphatic hydroxyl groups is 1. The molecular formula is C25H25BrN4O5. The molecular weight excluding hydrogens is 516 g/mol. The van der Waals surface area contributed by atoms with Crippen LogP contribution < -0.4 is 0 Å². The van der Waals surface area contributed by atoms with Gasteiger partial charge in [0.15, 0.2) is 0 Å². The maximum absolute atomic E-state index is 13.3. The number of nitrogens with zero attached hydrogens (tertiary/aromatic N) is 3. The molecule has 0 radical (unpaired) electrons. The lowest BCUT2D eigenvalue weighted by Gasteiger charge is -2.25. The van der Waals surface area contributed by atoms with Gasteiger partial charge in [0, 0.05) is 41.2 Å². The van der Waals surface area contributed by atoms with Crippen LogP contribution in [-0.4, -0.2) is 55.9 Å². The van der Waals surface area contributed by atoms with Crippen LogP contribution in [0.3, 0.4) is 0 Å². The number of carbonyl (C=O) groups excluding carboxylic acids is 3. The Bertz CT molecular complexity index is 1310. The fourth-order valence-electron chi connectivity index (χ4n) is 4.49. The number of aromatic amines is 1. The van der Waals surface area contributed by atoms with E-state index in [1.807, 2.05) is 35.0 Å². The summed E-state index contributed by atoms with van der Waals surface area (Å²) >= 11 is 3.41. The molecule has 0 saturated carbocycles. The molecule has 1 aromatic carbocycles. The van der Waals surface area contributed by atoms with Gasteiger partial charge in [-0.2, -0.15) is 0 Å². The number of aryl methyl sites for hydroxylation is 2. The third-order valence-electron chi connectivity index (χ3n) is 6.16. The molecule has 0 bridgehead atoms. The van der Waals surface area contributed by atoms with E-state index >= 15 is 0 Å². The quantitative estimate of drug-likeness (QED) is 0.203. The molecule has 4 rings (SSSR count). The van der Waals surface area contributed by atoms with Gasteiger partial charge in [0.25, 0.3) is 11.7 Å². The van der Waals surface area contributed by atoms with Crippen LogP contribution in [0.25, 0.3) is 5.76 Å². The number of likely N-dealkylation sites (tertiary alicyclic amines) is 1. The second kappa shape index (κ2) is 9.91. The lowest BCUT2D eigenvalue weighted by atomic mass is 9.94. The van der Waals surface area contributed by atoms with E-state index in [0.717, 1.165) is 4.47 Å². The Morgan fingerprint density at radius 3 is 2.54 bits per heavy atom. The number of ketones is 1. The molecule has 2 N–H and O–H groups in total. The van der Waals surface area contributed by atoms with Crippen LogP contribution in [-0.2, 0) is 20.9 Å². The van der Waals surface area contributed by atoms with Gasteiger partial charge in [0.05, 0.1) is 25.1 Å². The maximum Gasteiger partial charge on any atom is 0.354 e. The summed E-state index contributed by atoms with van der Waals surface area (Å²) in [7, 11) is 1.26. The molecule has 1 aliphatic heterocycles. The molecule has 1 amide bonds. The number of halogens is 1. The van der Waals surface area contributed by atoms with Crippen molar-refractivity contribution in [1.29, 1.82) is 0 Å². The number of aliphatic hydroxyl groups excluding tert-OH is 1. The monoisotopic (exact) mass is 540 g/mol. The second-order valence-electron chi connectivity index (χ2n) is 8.31. The number of benzene rings is 1. The third-order valence-corrected chi connectivity index (χ3v) is 6.69. The van der Waals surface area contributed by atoms with E-state index in [4.69, 9.17) is 4.74 Å². The minimum atomic E-state index is -0.777. The minimum Gasteiger partial charge on any atom is -0.507 e. The number of Topliss-reactive ketones (excluding diaryl/α,β-unsaturated/α-hetero) is 1. The summed E-state index contributed by atoms with van der Waals surface area (Å²) < 4.78 is 7.56. The highest BCUT2D eigenvalue weighted by Gasteiger charge is 2.46. The molecule has 1 unspecified atom stereocenters. The average molecular weight is 541 g/mol. The van der Waals surface area contributed by atoms with Gasteiger partial charge < -0.3 is 24.3 Å². The molecule has 1 saturated heterocycles. The molecule has 182 valence electrons. The van der Waals surface area contributed by atoms with Crippen LogP contribution in [0.4, 0.5) is 0 Å². The summed E-state index contributed by atoms with van der Waals surface area (Å²) in [6.07, 6.45) is 5.79. The molecule has 0 spiro atoms. The lowest BCUT2D eigenvalue weighted by Crippen LogP contribution is -2.31. The molecule has 3 heterocycles. The fraction of sp³-hybridized carbons (Fsp3) is 0.280. The van der Waals surface area contributed by atoms with Crippen LogP contribution in [0.5, 0.6) is 0 Å². The zero-order valence-electron chi connectivity index (χ0n) is 19.5. The topological polar surface area (TPSA) is 118 Å². The number of hydrogen-bond donors (Lipinski definition) is 2. The van der Waals surface area contributed by atoms with Gasteiger partial charge in [-0.1, -0.05) is 28.1 Å². The highest BCUT2D eigenvalue weighted by Crippen LogP contribution is 2.41. The Hall–Kier alpha value is -3.66. The van der Waals surface area contributed by atoms with E-state index in [2.05, 4.69) is 25.9 Å². The van der Waals surface area contributed by atoms with Gasteiger partial charge in [-0.3, -0.25) is 9.59 Å². The van der Waals surface area contributed by atoms with Crippen LogP contribution >= 0.6 is 15.9 Å². The number of imidazole rings is 1. The summed E-state index contributed by atoms with van der Waals surface area (Å²) in [5.41, 5.74) is 2.09. The molecule has 3 aromatic rings. The highest BCUT2D eigenvalue weighted by atomic mass is 79.9. The smallest absolute Gasteiger partial charge is 0.354 e. The zero-order chi connectivity index (χ0) is 25.3. The normalized spacial score (nSPS) is 17.3. The van der Waals surface area contributed by atoms with E-state index in [0.29, 0.717) is 41.9 Å². The van der Waals surface area contributed by atoms with Gasteiger partial charge in [0.1, 0.15) is 11.5 Å². The predicted molar refractivity (Wildman–Crippen MR) is 132 cm³/mol. The molecule has 2 aromatic heterocycles. The van der Waals surface area contributed by atoms with Crippen molar-refractivity contribution in [2.45, 2.75) is 32.9 Å². The number of amides is 1. The first kappa shape index (κ1) is 24.5. The molecule has 1 aliphatic rings. The Kier molecular flexibility index (Phi) is 6.93. The number of esters is 1. The summed E-state index contributed by atoms with van der Waals surface area (Å²) in [6, 6.07) is 6.49. The zero-order valence-corrected chi connectivity index (χ0v) is 21.1. The third kappa shape index (κ3) is 4.53. The molecule has 1 atom stereocenters. The molecule has 35 heavy (non-hydrogen) atoms. The first-order valence-corrected chi connectivity index (χ1v) is 11.8. The van der Waals surface area contributed by atoms with Crippen molar-refractivity contribution in [2.75, 3.05) is 13.7 Å². The molecule has 9 nitrogen and oxygen atoms in total. The summed E-state index contributed by atoms with van der Waals surface area (Å²) in [4.78, 5) is 47.0. The van der Waals surface area contributed by atoms with Gasteiger partial charge in [-0.05, 0) is 43.5 Å². The second-order valence-corrected chi connectivity index (χ2v) is 9.23. The van der Waals surface area contributed by atoms with Gasteiger partial charge in [-0.15, -0.1) is 0 Å². The van der Waals surface area contributed by atoms with E-state index in [1.54, 1.807) is 26.4 Å². The standard InChI is InChI=1S/C25H25BrN4O5/c1-14-18(15(2)28-20(14)25(34)35-3)22(31)19-21(16-5-7-17(26)8-6-16)30(24(33)23(19)32)11-4-10-29-12-9-27-13-29/h5-9,12-13,21,28,31H,4,10-11H2,1-3H3/b22-19+. The first-order valence-electron chi connectivity index (χ1n) is 11.0. The van der Waals surface area contributed by atoms with E-state index in [-0.39, 0.29) is 17.0 Å². The summed E-state index contributed by atoms with van der Waals surface area (Å²) in [6.45, 7) is 4.26. The van der Waals surface area contributed by atoms with Crippen molar-refractivity contribution in [3.05, 3.63) is 81.1 Å². The number of ether oxygens (including phenoxy) is 1. The Morgan fingerprint density at radius 2 is 1.91 bits per heavy atom.